The Labute approximate surface area is 185 Å². The number of carboxylic acids is 1. The number of hydrogen-bond donors (Lipinski definition) is 2. The molecule has 1 heterocycles. The van der Waals surface area contributed by atoms with Crippen molar-refractivity contribution in [1.82, 2.24) is 9.88 Å². The number of nitrogens with one attached hydrogen (secondary N) is 1. The number of ether oxygens (including phenoxy) is 1. The van der Waals surface area contributed by atoms with Gasteiger partial charge in [-0.05, 0) is 42.9 Å². The Morgan fingerprint density at radius 3 is 2.71 bits per heavy atom. The molecule has 0 saturated carbocycles. The van der Waals surface area contributed by atoms with Crippen LogP contribution < -0.4 is 5.32 Å². The molecule has 2 atom stereocenters. The van der Waals surface area contributed by atoms with E-state index in [2.05, 4.69) is 5.32 Å². The fourth-order valence-electron chi connectivity index (χ4n) is 4.46. The molecule has 0 fully saturated rings. The summed E-state index contributed by atoms with van der Waals surface area (Å²) in [7, 11) is 0. The molecule has 2 N–H and O–H groups in total. The average molecular weight is 441 g/mol. The maximum atomic E-state index is 12.3. The van der Waals surface area contributed by atoms with Gasteiger partial charge in [0, 0.05) is 17.1 Å². The normalized spacial score (nSPS) is 16.5. The second-order valence-electron chi connectivity index (χ2n) is 7.84. The number of halogens is 1. The molecule has 0 saturated heterocycles. The number of nitrogens with zero attached hydrogens (tertiary/aromatic N) is 1. The number of benzene rings is 2. The van der Waals surface area contributed by atoms with Gasteiger partial charge in [0.1, 0.15) is 12.6 Å². The van der Waals surface area contributed by atoms with Crippen molar-refractivity contribution in [3.63, 3.8) is 0 Å². The summed E-state index contributed by atoms with van der Waals surface area (Å²) in [6.45, 7) is 2.08. The van der Waals surface area contributed by atoms with Gasteiger partial charge in [0.05, 0.1) is 10.5 Å². The summed E-state index contributed by atoms with van der Waals surface area (Å²) < 4.78 is 7.25. The zero-order valence-electron chi connectivity index (χ0n) is 17.3. The summed E-state index contributed by atoms with van der Waals surface area (Å²) in [5.41, 5.74) is 3.74. The quantitative estimate of drug-likeness (QED) is 0.557. The van der Waals surface area contributed by atoms with Crippen LogP contribution in [0.25, 0.3) is 10.9 Å². The molecule has 2 aromatic carbocycles. The first kappa shape index (κ1) is 21.2. The molecule has 1 aromatic heterocycles. The summed E-state index contributed by atoms with van der Waals surface area (Å²) >= 11 is 6.50. The van der Waals surface area contributed by atoms with E-state index in [-0.39, 0.29) is 12.6 Å². The lowest BCUT2D eigenvalue weighted by atomic mass is 9.91. The largest absolute Gasteiger partial charge is 0.480 e. The van der Waals surface area contributed by atoms with Crippen LogP contribution in [0, 0.1) is 0 Å². The first-order valence-electron chi connectivity index (χ1n) is 10.5. The van der Waals surface area contributed by atoms with E-state index >= 15 is 0 Å². The van der Waals surface area contributed by atoms with Crippen molar-refractivity contribution in [1.29, 1.82) is 0 Å². The molecule has 6 nitrogen and oxygen atoms in total. The number of alkyl carbamates (subject to hydrolysis) is 1. The van der Waals surface area contributed by atoms with Gasteiger partial charge in [-0.15, -0.1) is 0 Å². The highest BCUT2D eigenvalue weighted by molar-refractivity contribution is 6.35. The van der Waals surface area contributed by atoms with Gasteiger partial charge in [-0.3, -0.25) is 0 Å². The Hall–Kier alpha value is -2.99. The lowest BCUT2D eigenvalue weighted by Gasteiger charge is -2.26. The number of aromatic nitrogens is 1. The molecule has 7 heteroatoms. The highest BCUT2D eigenvalue weighted by Crippen LogP contribution is 2.38. The zero-order chi connectivity index (χ0) is 22.0. The molecule has 4 rings (SSSR count). The molecule has 1 aliphatic carbocycles. The smallest absolute Gasteiger partial charge is 0.407 e. The van der Waals surface area contributed by atoms with Crippen LogP contribution in [0.3, 0.4) is 0 Å². The first-order valence-corrected chi connectivity index (χ1v) is 10.9. The van der Waals surface area contributed by atoms with Crippen LogP contribution in [0.2, 0.25) is 5.02 Å². The second-order valence-corrected chi connectivity index (χ2v) is 8.25. The number of aliphatic carboxylic acids is 1. The van der Waals surface area contributed by atoms with Crippen molar-refractivity contribution in [3.05, 3.63) is 70.4 Å². The third-order valence-corrected chi connectivity index (χ3v) is 6.20. The number of carbonyl (C=O) groups is 2. The van der Waals surface area contributed by atoms with Gasteiger partial charge in [0.25, 0.3) is 0 Å². The number of rotatable bonds is 6. The van der Waals surface area contributed by atoms with Crippen molar-refractivity contribution in [2.24, 2.45) is 0 Å². The number of fused-ring (bicyclic) bond motifs is 3. The van der Waals surface area contributed by atoms with Gasteiger partial charge in [-0.1, -0.05) is 61.0 Å². The van der Waals surface area contributed by atoms with Crippen LogP contribution >= 0.6 is 11.6 Å². The molecule has 31 heavy (non-hydrogen) atoms. The summed E-state index contributed by atoms with van der Waals surface area (Å²) in [6.07, 6.45) is 1.99. The number of carbonyl (C=O) groups excluding carboxylic acids is 1. The Kier molecular flexibility index (Phi) is 6.18. The maximum Gasteiger partial charge on any atom is 0.407 e. The third kappa shape index (κ3) is 4.26. The molecule has 0 radical (unpaired) electrons. The summed E-state index contributed by atoms with van der Waals surface area (Å²) in [4.78, 5) is 24.3. The molecule has 1 unspecified atom stereocenters. The third-order valence-electron chi connectivity index (χ3n) is 5.89. The molecule has 1 amide bonds. The molecule has 3 aromatic rings. The lowest BCUT2D eigenvalue weighted by molar-refractivity contribution is -0.140. The molecule has 0 spiro atoms. The van der Waals surface area contributed by atoms with Crippen LogP contribution in [0.15, 0.2) is 48.5 Å². The Balaban J connectivity index is 1.56. The van der Waals surface area contributed by atoms with Gasteiger partial charge in [-0.2, -0.15) is 0 Å². The highest BCUT2D eigenvalue weighted by atomic mass is 35.5. The fourth-order valence-corrected chi connectivity index (χ4v) is 4.73. The first-order chi connectivity index (χ1) is 15.0. The predicted octanol–water partition coefficient (Wildman–Crippen LogP) is 5.11. The SMILES string of the molecule is CCC(C(=O)O)n1c2c(c3cccc(Cl)c31)C[C@H](NC(=O)OCc1ccccc1)CC2. The van der Waals surface area contributed by atoms with E-state index in [1.54, 1.807) is 6.07 Å². The van der Waals surface area contributed by atoms with Crippen LogP contribution in [-0.4, -0.2) is 27.8 Å². The van der Waals surface area contributed by atoms with E-state index < -0.39 is 18.1 Å². The van der Waals surface area contributed by atoms with E-state index in [4.69, 9.17) is 16.3 Å². The van der Waals surface area contributed by atoms with Gasteiger partial charge in [0.2, 0.25) is 0 Å². The number of para-hydroxylation sites is 1. The van der Waals surface area contributed by atoms with Crippen molar-refractivity contribution < 1.29 is 19.4 Å². The van der Waals surface area contributed by atoms with Crippen LogP contribution in [0.1, 0.15) is 42.6 Å². The average Bonchev–Trinajstić information content (AvgIpc) is 3.08. The number of hydrogen-bond acceptors (Lipinski definition) is 3. The molecule has 0 aliphatic heterocycles. The van der Waals surface area contributed by atoms with Crippen LogP contribution in [0.5, 0.6) is 0 Å². The zero-order valence-corrected chi connectivity index (χ0v) is 18.1. The van der Waals surface area contributed by atoms with Crippen LogP contribution in [0.4, 0.5) is 4.79 Å². The Bertz CT molecular complexity index is 1110. The number of amides is 1. The van der Waals surface area contributed by atoms with E-state index in [9.17, 15) is 14.7 Å². The van der Waals surface area contributed by atoms with E-state index in [1.807, 2.05) is 54.0 Å². The molecular weight excluding hydrogens is 416 g/mol. The Morgan fingerprint density at radius 1 is 1.23 bits per heavy atom. The minimum absolute atomic E-state index is 0.0845. The van der Waals surface area contributed by atoms with Crippen LogP contribution in [-0.2, 0) is 29.0 Å². The van der Waals surface area contributed by atoms with E-state index in [0.717, 1.165) is 27.7 Å². The number of carboxylic acid groups (broad SMARTS) is 1. The standard InChI is InChI=1S/C24H25ClN2O4/c1-2-20(23(28)29)27-21-12-11-16(13-18(21)17-9-6-10-19(25)22(17)27)26-24(30)31-14-15-7-4-3-5-8-15/h3-10,16,20H,2,11-14H2,1H3,(H,26,30)(H,28,29)/t16-,20?/m1/s1. The van der Waals surface area contributed by atoms with E-state index in [1.165, 1.54) is 0 Å². The topological polar surface area (TPSA) is 80.6 Å². The Morgan fingerprint density at radius 2 is 2.00 bits per heavy atom. The highest BCUT2D eigenvalue weighted by Gasteiger charge is 2.31. The predicted molar refractivity (Wildman–Crippen MR) is 119 cm³/mol. The van der Waals surface area contributed by atoms with Crippen molar-refractivity contribution in [3.8, 4) is 0 Å². The van der Waals surface area contributed by atoms with Crippen molar-refractivity contribution >= 4 is 34.6 Å². The van der Waals surface area contributed by atoms with Gasteiger partial charge in [0.15, 0.2) is 0 Å². The molecule has 0 bridgehead atoms. The monoisotopic (exact) mass is 440 g/mol. The minimum Gasteiger partial charge on any atom is -0.480 e. The van der Waals surface area contributed by atoms with Crippen molar-refractivity contribution in [2.45, 2.75) is 51.3 Å². The van der Waals surface area contributed by atoms with E-state index in [0.29, 0.717) is 30.7 Å². The van der Waals surface area contributed by atoms with Gasteiger partial charge in [-0.25, -0.2) is 9.59 Å². The summed E-state index contributed by atoms with van der Waals surface area (Å²) in [5, 5.41) is 14.2. The lowest BCUT2D eigenvalue weighted by Crippen LogP contribution is -2.39. The molecule has 1 aliphatic rings. The van der Waals surface area contributed by atoms with Gasteiger partial charge >= 0.3 is 12.1 Å². The fraction of sp³-hybridized carbons (Fsp3) is 0.333. The summed E-state index contributed by atoms with van der Waals surface area (Å²) in [5.74, 6) is -0.869. The maximum absolute atomic E-state index is 12.3. The second kappa shape index (κ2) is 9.02. The minimum atomic E-state index is -0.869. The molecule has 162 valence electrons. The summed E-state index contributed by atoms with van der Waals surface area (Å²) in [6, 6.07) is 14.4. The molecular formula is C24H25ClN2O4. The van der Waals surface area contributed by atoms with Gasteiger partial charge < -0.3 is 19.7 Å². The van der Waals surface area contributed by atoms with Crippen molar-refractivity contribution in [2.75, 3.05) is 0 Å².